The van der Waals surface area contributed by atoms with Crippen molar-refractivity contribution in [3.63, 3.8) is 0 Å². The molecular formula is C14H16N4O3. The number of anilines is 1. The first-order valence-corrected chi connectivity index (χ1v) is 6.37. The molecule has 0 aliphatic heterocycles. The highest BCUT2D eigenvalue weighted by molar-refractivity contribution is 5.97. The largest absolute Gasteiger partial charge is 0.461 e. The summed E-state index contributed by atoms with van der Waals surface area (Å²) in [5.74, 6) is -1.20. The molecule has 0 fully saturated rings. The Hall–Kier alpha value is -2.83. The molecule has 0 bridgehead atoms. The summed E-state index contributed by atoms with van der Waals surface area (Å²) in [5, 5.41) is 4.09. The smallest absolute Gasteiger partial charge is 0.361 e. The van der Waals surface area contributed by atoms with Crippen molar-refractivity contribution >= 4 is 17.6 Å². The van der Waals surface area contributed by atoms with Crippen LogP contribution in [-0.4, -0.2) is 28.3 Å². The van der Waals surface area contributed by atoms with E-state index in [2.05, 4.69) is 5.10 Å². The molecule has 0 atom stereocenters. The Morgan fingerprint density at radius 3 is 2.71 bits per heavy atom. The number of rotatable bonds is 4. The second kappa shape index (κ2) is 5.66. The average Bonchev–Trinajstić information content (AvgIpc) is 2.80. The topological polar surface area (TPSA) is 113 Å². The molecule has 7 heteroatoms. The standard InChI is InChI=1S/C14H16N4O3/c1-3-21-14(20)12-10(15)7-18(17-12)11-6-8(2)4-5-9(11)13(16)19/h4-7H,3,15H2,1-2H3,(H2,16,19). The van der Waals surface area contributed by atoms with Crippen molar-refractivity contribution in [3.8, 4) is 5.69 Å². The fourth-order valence-electron chi connectivity index (χ4n) is 1.91. The molecule has 2 rings (SSSR count). The molecule has 0 aliphatic carbocycles. The first-order valence-electron chi connectivity index (χ1n) is 6.37. The van der Waals surface area contributed by atoms with Gasteiger partial charge in [-0.25, -0.2) is 9.48 Å². The van der Waals surface area contributed by atoms with Crippen LogP contribution in [0.25, 0.3) is 5.69 Å². The molecule has 0 unspecified atom stereocenters. The maximum Gasteiger partial charge on any atom is 0.361 e. The molecule has 1 heterocycles. The van der Waals surface area contributed by atoms with Gasteiger partial charge in [0.05, 0.1) is 29.7 Å². The average molecular weight is 288 g/mol. The molecule has 0 saturated carbocycles. The molecule has 110 valence electrons. The lowest BCUT2D eigenvalue weighted by atomic mass is 10.1. The molecule has 0 saturated heterocycles. The summed E-state index contributed by atoms with van der Waals surface area (Å²) < 4.78 is 6.23. The number of nitrogens with zero attached hydrogens (tertiary/aromatic N) is 2. The number of carbonyl (C=O) groups is 2. The monoisotopic (exact) mass is 288 g/mol. The van der Waals surface area contributed by atoms with Gasteiger partial charge in [0.15, 0.2) is 5.69 Å². The number of hydrogen-bond donors (Lipinski definition) is 2. The van der Waals surface area contributed by atoms with E-state index in [-0.39, 0.29) is 18.0 Å². The quantitative estimate of drug-likeness (QED) is 0.816. The number of benzene rings is 1. The van der Waals surface area contributed by atoms with E-state index in [9.17, 15) is 9.59 Å². The SMILES string of the molecule is CCOC(=O)c1nn(-c2cc(C)ccc2C(N)=O)cc1N. The van der Waals surface area contributed by atoms with E-state index in [4.69, 9.17) is 16.2 Å². The molecule has 2 aromatic rings. The highest BCUT2D eigenvalue weighted by Gasteiger charge is 2.18. The number of amides is 1. The van der Waals surface area contributed by atoms with Gasteiger partial charge in [0.1, 0.15) is 0 Å². The molecule has 21 heavy (non-hydrogen) atoms. The van der Waals surface area contributed by atoms with E-state index < -0.39 is 11.9 Å². The normalized spacial score (nSPS) is 10.4. The highest BCUT2D eigenvalue weighted by atomic mass is 16.5. The van der Waals surface area contributed by atoms with Gasteiger partial charge in [0, 0.05) is 0 Å². The number of ether oxygens (including phenoxy) is 1. The molecule has 1 amide bonds. The van der Waals surface area contributed by atoms with Gasteiger partial charge in [-0.2, -0.15) is 5.10 Å². The summed E-state index contributed by atoms with van der Waals surface area (Å²) in [5.41, 5.74) is 13.0. The van der Waals surface area contributed by atoms with Gasteiger partial charge in [0.25, 0.3) is 5.91 Å². The third kappa shape index (κ3) is 2.86. The molecular weight excluding hydrogens is 272 g/mol. The summed E-state index contributed by atoms with van der Waals surface area (Å²) in [6.07, 6.45) is 1.45. The third-order valence-corrected chi connectivity index (χ3v) is 2.88. The number of nitrogens with two attached hydrogens (primary N) is 2. The van der Waals surface area contributed by atoms with E-state index in [0.29, 0.717) is 11.3 Å². The van der Waals surface area contributed by atoms with Crippen molar-refractivity contribution in [1.29, 1.82) is 0 Å². The maximum absolute atomic E-state index is 11.7. The number of nitrogen functional groups attached to an aromatic ring is 1. The van der Waals surface area contributed by atoms with Gasteiger partial charge < -0.3 is 16.2 Å². The number of aromatic nitrogens is 2. The van der Waals surface area contributed by atoms with Crippen molar-refractivity contribution in [2.24, 2.45) is 5.73 Å². The second-order valence-electron chi connectivity index (χ2n) is 4.48. The minimum atomic E-state index is -0.609. The first kappa shape index (κ1) is 14.6. The molecule has 0 radical (unpaired) electrons. The predicted molar refractivity (Wildman–Crippen MR) is 77.2 cm³/mol. The van der Waals surface area contributed by atoms with Gasteiger partial charge in [-0.05, 0) is 31.5 Å². The van der Waals surface area contributed by atoms with Crippen molar-refractivity contribution in [2.45, 2.75) is 13.8 Å². The highest BCUT2D eigenvalue weighted by Crippen LogP contribution is 2.19. The number of aryl methyl sites for hydroxylation is 1. The number of esters is 1. The van der Waals surface area contributed by atoms with E-state index in [0.717, 1.165) is 5.56 Å². The lowest BCUT2D eigenvalue weighted by molar-refractivity contribution is 0.0520. The Morgan fingerprint density at radius 1 is 1.38 bits per heavy atom. The van der Waals surface area contributed by atoms with E-state index in [1.54, 1.807) is 25.1 Å². The van der Waals surface area contributed by atoms with Crippen LogP contribution in [0.5, 0.6) is 0 Å². The lowest BCUT2D eigenvalue weighted by Crippen LogP contribution is -2.15. The number of carbonyl (C=O) groups excluding carboxylic acids is 2. The van der Waals surface area contributed by atoms with Crippen molar-refractivity contribution in [2.75, 3.05) is 12.3 Å². The zero-order valence-corrected chi connectivity index (χ0v) is 11.8. The fourth-order valence-corrected chi connectivity index (χ4v) is 1.91. The van der Waals surface area contributed by atoms with Crippen molar-refractivity contribution in [1.82, 2.24) is 9.78 Å². The molecule has 0 spiro atoms. The summed E-state index contributed by atoms with van der Waals surface area (Å²) in [6, 6.07) is 5.11. The minimum Gasteiger partial charge on any atom is -0.461 e. The molecule has 1 aromatic carbocycles. The van der Waals surface area contributed by atoms with Crippen molar-refractivity contribution in [3.05, 3.63) is 41.2 Å². The Kier molecular flexibility index (Phi) is 3.93. The number of hydrogen-bond acceptors (Lipinski definition) is 5. The van der Waals surface area contributed by atoms with Crippen LogP contribution in [0.2, 0.25) is 0 Å². The van der Waals surface area contributed by atoms with Crippen LogP contribution in [0.1, 0.15) is 33.3 Å². The van der Waals surface area contributed by atoms with Gasteiger partial charge >= 0.3 is 5.97 Å². The Morgan fingerprint density at radius 2 is 2.10 bits per heavy atom. The summed E-state index contributed by atoms with van der Waals surface area (Å²) in [4.78, 5) is 23.2. The van der Waals surface area contributed by atoms with Gasteiger partial charge in [-0.15, -0.1) is 0 Å². The zero-order chi connectivity index (χ0) is 15.6. The van der Waals surface area contributed by atoms with Crippen LogP contribution in [0.15, 0.2) is 24.4 Å². The Labute approximate surface area is 121 Å². The molecule has 1 aromatic heterocycles. The van der Waals surface area contributed by atoms with Crippen LogP contribution in [0, 0.1) is 6.92 Å². The summed E-state index contributed by atoms with van der Waals surface area (Å²) in [7, 11) is 0. The van der Waals surface area contributed by atoms with Crippen LogP contribution in [0.4, 0.5) is 5.69 Å². The zero-order valence-electron chi connectivity index (χ0n) is 11.8. The maximum atomic E-state index is 11.7. The predicted octanol–water partition coefficient (Wildman–Crippen LogP) is 1.04. The third-order valence-electron chi connectivity index (χ3n) is 2.88. The van der Waals surface area contributed by atoms with Gasteiger partial charge in [0.2, 0.25) is 0 Å². The summed E-state index contributed by atoms with van der Waals surface area (Å²) in [6.45, 7) is 3.78. The summed E-state index contributed by atoms with van der Waals surface area (Å²) >= 11 is 0. The van der Waals surface area contributed by atoms with E-state index >= 15 is 0 Å². The molecule has 0 aliphatic rings. The van der Waals surface area contributed by atoms with Crippen LogP contribution < -0.4 is 11.5 Å². The van der Waals surface area contributed by atoms with E-state index in [1.807, 2.05) is 6.92 Å². The van der Waals surface area contributed by atoms with Crippen molar-refractivity contribution < 1.29 is 14.3 Å². The van der Waals surface area contributed by atoms with Crippen LogP contribution in [-0.2, 0) is 4.74 Å². The van der Waals surface area contributed by atoms with Gasteiger partial charge in [-0.3, -0.25) is 4.79 Å². The molecule has 4 N–H and O–H groups in total. The number of primary amides is 1. The Balaban J connectivity index is 2.53. The first-order chi connectivity index (χ1) is 9.93. The van der Waals surface area contributed by atoms with Crippen LogP contribution in [0.3, 0.4) is 0 Å². The minimum absolute atomic E-state index is 0.00813. The Bertz CT molecular complexity index is 706. The second-order valence-corrected chi connectivity index (χ2v) is 4.48. The van der Waals surface area contributed by atoms with Crippen LogP contribution >= 0.6 is 0 Å². The fraction of sp³-hybridized carbons (Fsp3) is 0.214. The molecule has 7 nitrogen and oxygen atoms in total. The lowest BCUT2D eigenvalue weighted by Gasteiger charge is -2.07. The van der Waals surface area contributed by atoms with E-state index in [1.165, 1.54) is 10.9 Å². The van der Waals surface area contributed by atoms with Gasteiger partial charge in [-0.1, -0.05) is 6.07 Å².